The molecule has 0 saturated carbocycles. The topological polar surface area (TPSA) is 109 Å². The molecule has 0 fully saturated rings. The molecule has 0 bridgehead atoms. The molecule has 3 rings (SSSR count). The Balaban J connectivity index is 2.38. The van der Waals surface area contributed by atoms with Crippen molar-refractivity contribution in [2.75, 3.05) is 14.2 Å². The average molecular weight is 330 g/mol. The van der Waals surface area contributed by atoms with Crippen LogP contribution in [0, 0.1) is 0 Å². The molecule has 3 aromatic rings. The number of ether oxygens (including phenoxy) is 2. The van der Waals surface area contributed by atoms with Crippen molar-refractivity contribution in [3.05, 3.63) is 40.6 Å². The van der Waals surface area contributed by atoms with Gasteiger partial charge in [-0.2, -0.15) is 0 Å². The first kappa shape index (κ1) is 15.5. The lowest BCUT2D eigenvalue weighted by atomic mass is 10.1. The van der Waals surface area contributed by atoms with Crippen LogP contribution in [-0.4, -0.2) is 29.5 Å². The van der Waals surface area contributed by atoms with Gasteiger partial charge >= 0.3 is 0 Å². The molecular weight excluding hydrogens is 316 g/mol. The minimum Gasteiger partial charge on any atom is -0.507 e. The molecule has 0 aliphatic heterocycles. The maximum Gasteiger partial charge on any atom is 0.239 e. The lowest BCUT2D eigenvalue weighted by molar-refractivity contribution is 0.373. The van der Waals surface area contributed by atoms with Crippen LogP contribution in [-0.2, 0) is 0 Å². The van der Waals surface area contributed by atoms with Gasteiger partial charge in [-0.1, -0.05) is 0 Å². The summed E-state index contributed by atoms with van der Waals surface area (Å²) in [6.07, 6.45) is 0. The quantitative estimate of drug-likeness (QED) is 0.633. The van der Waals surface area contributed by atoms with Crippen LogP contribution in [0.15, 0.2) is 39.5 Å². The van der Waals surface area contributed by atoms with Gasteiger partial charge in [0.05, 0.1) is 14.2 Å². The lowest BCUT2D eigenvalue weighted by Crippen LogP contribution is -2.08. The SMILES string of the molecule is COc1ccc(-c2oc3c(O)ccc(O)c3c(=O)c2OC)cc1O. The van der Waals surface area contributed by atoms with E-state index in [0.717, 1.165) is 0 Å². The Labute approximate surface area is 135 Å². The van der Waals surface area contributed by atoms with Gasteiger partial charge in [0.2, 0.25) is 11.2 Å². The molecule has 1 heterocycles. The van der Waals surface area contributed by atoms with Gasteiger partial charge in [-0.15, -0.1) is 0 Å². The molecule has 1 aromatic heterocycles. The van der Waals surface area contributed by atoms with E-state index < -0.39 is 5.43 Å². The zero-order valence-electron chi connectivity index (χ0n) is 12.9. The second-order valence-electron chi connectivity index (χ2n) is 4.99. The van der Waals surface area contributed by atoms with Crippen LogP contribution < -0.4 is 14.9 Å². The molecule has 2 aromatic carbocycles. The number of phenolic OH excluding ortho intramolecular Hbond substituents is 3. The van der Waals surface area contributed by atoms with Crippen LogP contribution in [0.3, 0.4) is 0 Å². The third-order valence-corrected chi connectivity index (χ3v) is 3.60. The summed E-state index contributed by atoms with van der Waals surface area (Å²) >= 11 is 0. The Kier molecular flexibility index (Phi) is 3.69. The summed E-state index contributed by atoms with van der Waals surface area (Å²) in [6.45, 7) is 0. The molecule has 3 N–H and O–H groups in total. The minimum atomic E-state index is -0.641. The van der Waals surface area contributed by atoms with Gasteiger partial charge in [0, 0.05) is 5.56 Å². The predicted octanol–water partition coefficient (Wildman–Crippen LogP) is 2.59. The number of fused-ring (bicyclic) bond motifs is 1. The maximum atomic E-state index is 12.6. The van der Waals surface area contributed by atoms with Crippen molar-refractivity contribution < 1.29 is 29.2 Å². The highest BCUT2D eigenvalue weighted by Gasteiger charge is 2.21. The molecule has 124 valence electrons. The molecule has 0 saturated heterocycles. The minimum absolute atomic E-state index is 0.00820. The van der Waals surface area contributed by atoms with Gasteiger partial charge in [0.15, 0.2) is 28.6 Å². The zero-order valence-corrected chi connectivity index (χ0v) is 12.9. The van der Waals surface area contributed by atoms with Crippen LogP contribution >= 0.6 is 0 Å². The van der Waals surface area contributed by atoms with Crippen molar-refractivity contribution in [1.29, 1.82) is 0 Å². The van der Waals surface area contributed by atoms with Crippen molar-refractivity contribution >= 4 is 11.0 Å². The summed E-state index contributed by atoms with van der Waals surface area (Å²) in [7, 11) is 2.69. The standard InChI is InChI=1S/C17H14O7/c1-22-12-6-3-8(7-11(12)20)15-17(23-2)14(21)13-9(18)4-5-10(19)16(13)24-15/h3-7,18-20H,1-2H3. The van der Waals surface area contributed by atoms with E-state index in [0.29, 0.717) is 5.56 Å². The van der Waals surface area contributed by atoms with Crippen molar-refractivity contribution in [2.45, 2.75) is 0 Å². The highest BCUT2D eigenvalue weighted by Crippen LogP contribution is 2.39. The normalized spacial score (nSPS) is 10.8. The first-order valence-electron chi connectivity index (χ1n) is 6.91. The summed E-state index contributed by atoms with van der Waals surface area (Å²) in [4.78, 5) is 12.6. The van der Waals surface area contributed by atoms with E-state index in [1.165, 1.54) is 38.5 Å². The third kappa shape index (κ3) is 2.26. The summed E-state index contributed by atoms with van der Waals surface area (Å²) in [5.74, 6) is -0.691. The zero-order chi connectivity index (χ0) is 17.4. The van der Waals surface area contributed by atoms with Crippen molar-refractivity contribution in [3.8, 4) is 40.1 Å². The fourth-order valence-corrected chi connectivity index (χ4v) is 2.46. The fraction of sp³-hybridized carbons (Fsp3) is 0.118. The van der Waals surface area contributed by atoms with E-state index in [4.69, 9.17) is 13.9 Å². The van der Waals surface area contributed by atoms with Crippen LogP contribution in [0.25, 0.3) is 22.3 Å². The molecule has 0 amide bonds. The molecular formula is C17H14O7. The third-order valence-electron chi connectivity index (χ3n) is 3.60. The van der Waals surface area contributed by atoms with Crippen LogP contribution in [0.5, 0.6) is 28.7 Å². The van der Waals surface area contributed by atoms with Gasteiger partial charge in [0.25, 0.3) is 0 Å². The number of benzene rings is 2. The average Bonchev–Trinajstić information content (AvgIpc) is 2.57. The monoisotopic (exact) mass is 330 g/mol. The van der Waals surface area contributed by atoms with Gasteiger partial charge in [0.1, 0.15) is 11.1 Å². The molecule has 0 radical (unpaired) electrons. The van der Waals surface area contributed by atoms with Crippen LogP contribution in [0.4, 0.5) is 0 Å². The number of methoxy groups -OCH3 is 2. The molecule has 0 atom stereocenters. The van der Waals surface area contributed by atoms with Gasteiger partial charge in [-0.05, 0) is 30.3 Å². The number of hydrogen-bond acceptors (Lipinski definition) is 7. The summed E-state index contributed by atoms with van der Waals surface area (Å²) < 4.78 is 15.7. The first-order valence-corrected chi connectivity index (χ1v) is 6.91. The van der Waals surface area contributed by atoms with Crippen molar-refractivity contribution in [3.63, 3.8) is 0 Å². The fourth-order valence-electron chi connectivity index (χ4n) is 2.46. The van der Waals surface area contributed by atoms with Gasteiger partial charge in [-0.3, -0.25) is 4.79 Å². The second kappa shape index (κ2) is 5.69. The number of phenols is 3. The van der Waals surface area contributed by atoms with Crippen LogP contribution in [0.1, 0.15) is 0 Å². The summed E-state index contributed by atoms with van der Waals surface area (Å²) in [6, 6.07) is 6.79. The first-order chi connectivity index (χ1) is 11.5. The van der Waals surface area contributed by atoms with Gasteiger partial charge in [-0.25, -0.2) is 0 Å². The van der Waals surface area contributed by atoms with E-state index >= 15 is 0 Å². The molecule has 0 spiro atoms. The molecule has 7 nitrogen and oxygen atoms in total. The largest absolute Gasteiger partial charge is 0.507 e. The lowest BCUT2D eigenvalue weighted by Gasteiger charge is -2.11. The van der Waals surface area contributed by atoms with E-state index in [-0.39, 0.29) is 45.5 Å². The Morgan fingerprint density at radius 1 is 0.917 bits per heavy atom. The maximum absolute atomic E-state index is 12.6. The van der Waals surface area contributed by atoms with E-state index in [2.05, 4.69) is 0 Å². The highest BCUT2D eigenvalue weighted by atomic mass is 16.5. The molecule has 0 unspecified atom stereocenters. The Bertz CT molecular complexity index is 988. The van der Waals surface area contributed by atoms with E-state index in [1.54, 1.807) is 6.07 Å². The van der Waals surface area contributed by atoms with Crippen molar-refractivity contribution in [2.24, 2.45) is 0 Å². The Morgan fingerprint density at radius 3 is 2.25 bits per heavy atom. The predicted molar refractivity (Wildman–Crippen MR) is 86.0 cm³/mol. The summed E-state index contributed by atoms with van der Waals surface area (Å²) in [5.41, 5.74) is -0.476. The highest BCUT2D eigenvalue weighted by molar-refractivity contribution is 5.91. The number of hydrogen-bond donors (Lipinski definition) is 3. The number of aromatic hydroxyl groups is 3. The van der Waals surface area contributed by atoms with E-state index in [9.17, 15) is 20.1 Å². The molecule has 0 aliphatic rings. The second-order valence-corrected chi connectivity index (χ2v) is 4.99. The van der Waals surface area contributed by atoms with Crippen LogP contribution in [0.2, 0.25) is 0 Å². The Morgan fingerprint density at radius 2 is 1.62 bits per heavy atom. The molecule has 7 heteroatoms. The smallest absolute Gasteiger partial charge is 0.239 e. The Hall–Kier alpha value is -3.35. The molecule has 0 aliphatic carbocycles. The number of rotatable bonds is 3. The summed E-state index contributed by atoms with van der Waals surface area (Å²) in [5, 5.41) is 29.6. The van der Waals surface area contributed by atoms with Crippen molar-refractivity contribution in [1.82, 2.24) is 0 Å². The molecule has 24 heavy (non-hydrogen) atoms. The van der Waals surface area contributed by atoms with E-state index in [1.807, 2.05) is 0 Å². The van der Waals surface area contributed by atoms with Gasteiger partial charge < -0.3 is 29.2 Å².